The van der Waals surface area contributed by atoms with Crippen molar-refractivity contribution in [3.63, 3.8) is 0 Å². The van der Waals surface area contributed by atoms with Gasteiger partial charge in [-0.3, -0.25) is 4.79 Å². The van der Waals surface area contributed by atoms with Crippen molar-refractivity contribution in [1.82, 2.24) is 15.0 Å². The Labute approximate surface area is 91.0 Å². The minimum Gasteiger partial charge on any atom is -0.325 e. The monoisotopic (exact) mass is 224 g/mol. The molecule has 2 aromatic rings. The third-order valence-corrected chi connectivity index (χ3v) is 2.13. The first-order valence-electron chi connectivity index (χ1n) is 4.36. The van der Waals surface area contributed by atoms with Crippen molar-refractivity contribution in [2.75, 3.05) is 11.2 Å². The molecule has 0 saturated carbocycles. The molecule has 0 atom stereocenters. The van der Waals surface area contributed by atoms with E-state index in [9.17, 15) is 4.79 Å². The van der Waals surface area contributed by atoms with Crippen molar-refractivity contribution in [2.24, 2.45) is 7.05 Å². The molecule has 0 aliphatic heterocycles. The Morgan fingerprint density at radius 1 is 1.47 bits per heavy atom. The van der Waals surface area contributed by atoms with Crippen molar-refractivity contribution in [3.8, 4) is 0 Å². The van der Waals surface area contributed by atoms with E-state index in [0.717, 1.165) is 11.0 Å². The molecule has 1 aromatic heterocycles. The fraction of sp³-hybridized carbons (Fsp3) is 0.222. The van der Waals surface area contributed by atoms with Gasteiger partial charge in [0.2, 0.25) is 5.91 Å². The summed E-state index contributed by atoms with van der Waals surface area (Å²) in [4.78, 5) is 12.5. The Bertz CT molecular complexity index is 508. The molecule has 15 heavy (non-hydrogen) atoms. The van der Waals surface area contributed by atoms with Crippen LogP contribution >= 0.6 is 11.6 Å². The summed E-state index contributed by atoms with van der Waals surface area (Å²) in [5.74, 6) is -0.293. The van der Waals surface area contributed by atoms with Gasteiger partial charge in [0.15, 0.2) is 0 Å². The van der Waals surface area contributed by atoms with E-state index in [-0.39, 0.29) is 11.8 Å². The topological polar surface area (TPSA) is 59.8 Å². The second-order valence-electron chi connectivity index (χ2n) is 3.07. The maximum atomic E-state index is 11.0. The minimum absolute atomic E-state index is 0.0570. The number of nitrogens with zero attached hydrogens (tertiary/aromatic N) is 3. The number of fused-ring (bicyclic) bond motifs is 1. The number of amides is 1. The van der Waals surface area contributed by atoms with Gasteiger partial charge >= 0.3 is 0 Å². The number of rotatable bonds is 2. The van der Waals surface area contributed by atoms with Crippen LogP contribution in [0.5, 0.6) is 0 Å². The van der Waals surface area contributed by atoms with Crippen LogP contribution in [0.4, 0.5) is 5.69 Å². The maximum Gasteiger partial charge on any atom is 0.239 e. The van der Waals surface area contributed by atoms with Gasteiger partial charge in [-0.1, -0.05) is 0 Å². The lowest BCUT2D eigenvalue weighted by molar-refractivity contribution is -0.113. The van der Waals surface area contributed by atoms with Crippen molar-refractivity contribution in [3.05, 3.63) is 18.2 Å². The predicted molar refractivity (Wildman–Crippen MR) is 57.9 cm³/mol. The highest BCUT2D eigenvalue weighted by Gasteiger charge is 2.03. The molecular formula is C9H9ClN4O. The lowest BCUT2D eigenvalue weighted by Crippen LogP contribution is -2.12. The van der Waals surface area contributed by atoms with E-state index in [0.29, 0.717) is 5.69 Å². The lowest BCUT2D eigenvalue weighted by Gasteiger charge is -2.00. The minimum atomic E-state index is -0.236. The molecule has 6 heteroatoms. The number of hydrogen-bond donors (Lipinski definition) is 1. The molecule has 0 fully saturated rings. The number of carbonyl (C=O) groups is 1. The van der Waals surface area contributed by atoms with Gasteiger partial charge in [0, 0.05) is 12.7 Å². The summed E-state index contributed by atoms with van der Waals surface area (Å²) < 4.78 is 0. The van der Waals surface area contributed by atoms with Crippen LogP contribution in [0.3, 0.4) is 0 Å². The van der Waals surface area contributed by atoms with E-state index in [1.165, 1.54) is 4.80 Å². The summed E-state index contributed by atoms with van der Waals surface area (Å²) in [7, 11) is 1.75. The molecule has 1 amide bonds. The number of aryl methyl sites for hydroxylation is 1. The lowest BCUT2D eigenvalue weighted by atomic mass is 10.3. The quantitative estimate of drug-likeness (QED) is 0.779. The van der Waals surface area contributed by atoms with Crippen LogP contribution in [-0.4, -0.2) is 26.8 Å². The van der Waals surface area contributed by atoms with Crippen LogP contribution in [0.25, 0.3) is 11.0 Å². The number of benzene rings is 1. The zero-order valence-electron chi connectivity index (χ0n) is 8.07. The summed E-state index contributed by atoms with van der Waals surface area (Å²) in [6.45, 7) is 0. The zero-order chi connectivity index (χ0) is 10.8. The standard InChI is InChI=1S/C9H9ClN4O/c1-14-12-7-3-2-6(4-8(7)13-14)11-9(15)5-10/h2-4H,5H2,1H3,(H,11,15). The number of nitrogens with one attached hydrogen (secondary N) is 1. The highest BCUT2D eigenvalue weighted by Crippen LogP contribution is 2.15. The molecule has 0 radical (unpaired) electrons. The van der Waals surface area contributed by atoms with E-state index in [1.54, 1.807) is 25.2 Å². The third kappa shape index (κ3) is 2.07. The highest BCUT2D eigenvalue weighted by atomic mass is 35.5. The average Bonchev–Trinajstić information content (AvgIpc) is 2.57. The van der Waals surface area contributed by atoms with Crippen LogP contribution in [-0.2, 0) is 11.8 Å². The third-order valence-electron chi connectivity index (χ3n) is 1.89. The predicted octanol–water partition coefficient (Wildman–Crippen LogP) is 1.15. The molecule has 0 saturated heterocycles. The molecule has 1 aromatic carbocycles. The maximum absolute atomic E-state index is 11.0. The number of anilines is 1. The van der Waals surface area contributed by atoms with Crippen molar-refractivity contribution in [2.45, 2.75) is 0 Å². The number of carbonyl (C=O) groups excluding carboxylic acids is 1. The second-order valence-corrected chi connectivity index (χ2v) is 3.34. The Morgan fingerprint density at radius 3 is 2.93 bits per heavy atom. The van der Waals surface area contributed by atoms with Crippen LogP contribution in [0.2, 0.25) is 0 Å². The number of hydrogen-bond acceptors (Lipinski definition) is 3. The first-order valence-corrected chi connectivity index (χ1v) is 4.89. The summed E-state index contributed by atoms with van der Waals surface area (Å²) in [6, 6.07) is 5.32. The first kappa shape index (κ1) is 9.92. The molecule has 1 N–H and O–H groups in total. The normalized spacial score (nSPS) is 10.5. The Hall–Kier alpha value is -1.62. The summed E-state index contributed by atoms with van der Waals surface area (Å²) in [6.07, 6.45) is 0. The molecule has 2 rings (SSSR count). The first-order chi connectivity index (χ1) is 7.19. The van der Waals surface area contributed by atoms with Gasteiger partial charge in [-0.05, 0) is 18.2 Å². The van der Waals surface area contributed by atoms with Crippen molar-refractivity contribution in [1.29, 1.82) is 0 Å². The van der Waals surface area contributed by atoms with E-state index in [2.05, 4.69) is 15.5 Å². The molecule has 0 bridgehead atoms. The summed E-state index contributed by atoms with van der Waals surface area (Å²) >= 11 is 5.38. The van der Waals surface area contributed by atoms with Crippen LogP contribution in [0, 0.1) is 0 Å². The van der Waals surface area contributed by atoms with E-state index in [1.807, 2.05) is 0 Å². The smallest absolute Gasteiger partial charge is 0.239 e. The fourth-order valence-corrected chi connectivity index (χ4v) is 1.36. The molecule has 0 spiro atoms. The van der Waals surface area contributed by atoms with Gasteiger partial charge in [0.25, 0.3) is 0 Å². The van der Waals surface area contributed by atoms with Gasteiger partial charge in [-0.2, -0.15) is 15.0 Å². The summed E-state index contributed by atoms with van der Waals surface area (Å²) in [5.41, 5.74) is 2.21. The number of alkyl halides is 1. The zero-order valence-corrected chi connectivity index (χ0v) is 8.82. The van der Waals surface area contributed by atoms with Gasteiger partial charge in [0.05, 0.1) is 0 Å². The SMILES string of the molecule is Cn1nc2ccc(NC(=O)CCl)cc2n1. The Kier molecular flexibility index (Phi) is 2.55. The largest absolute Gasteiger partial charge is 0.325 e. The highest BCUT2D eigenvalue weighted by molar-refractivity contribution is 6.29. The molecule has 0 aliphatic carbocycles. The molecule has 1 heterocycles. The number of aromatic nitrogens is 3. The van der Waals surface area contributed by atoms with Crippen LogP contribution < -0.4 is 5.32 Å². The van der Waals surface area contributed by atoms with Crippen molar-refractivity contribution < 1.29 is 4.79 Å². The number of halogens is 1. The molecule has 0 unspecified atom stereocenters. The van der Waals surface area contributed by atoms with E-state index >= 15 is 0 Å². The van der Waals surface area contributed by atoms with Gasteiger partial charge in [-0.15, -0.1) is 11.6 Å². The average molecular weight is 225 g/mol. The molecule has 5 nitrogen and oxygen atoms in total. The van der Waals surface area contributed by atoms with E-state index < -0.39 is 0 Å². The van der Waals surface area contributed by atoms with Gasteiger partial charge < -0.3 is 5.32 Å². The Morgan fingerprint density at radius 2 is 2.20 bits per heavy atom. The molecular weight excluding hydrogens is 216 g/mol. The van der Waals surface area contributed by atoms with Crippen LogP contribution in [0.15, 0.2) is 18.2 Å². The fourth-order valence-electron chi connectivity index (χ4n) is 1.29. The Balaban J connectivity index is 2.33. The summed E-state index contributed by atoms with van der Waals surface area (Å²) in [5, 5.41) is 10.9. The second kappa shape index (κ2) is 3.86. The van der Waals surface area contributed by atoms with Gasteiger partial charge in [0.1, 0.15) is 16.9 Å². The van der Waals surface area contributed by atoms with E-state index in [4.69, 9.17) is 11.6 Å². The van der Waals surface area contributed by atoms with Crippen molar-refractivity contribution >= 4 is 34.2 Å². The molecule has 0 aliphatic rings. The van der Waals surface area contributed by atoms with Crippen LogP contribution in [0.1, 0.15) is 0 Å². The van der Waals surface area contributed by atoms with Gasteiger partial charge in [-0.25, -0.2) is 0 Å². The molecule has 78 valence electrons.